The Hall–Kier alpha value is -0.570. The molecule has 3 nitrogen and oxygen atoms in total. The molecule has 3 heteroatoms. The van der Waals surface area contributed by atoms with E-state index in [1.807, 2.05) is 0 Å². The monoisotopic (exact) mass is 241 g/mol. The largest absolute Gasteiger partial charge is 0.388 e. The molecule has 1 saturated carbocycles. The summed E-state index contributed by atoms with van der Waals surface area (Å²) in [4.78, 5) is 11.8. The van der Waals surface area contributed by atoms with Crippen LogP contribution in [0.25, 0.3) is 0 Å². The molecule has 1 aliphatic rings. The van der Waals surface area contributed by atoms with Crippen molar-refractivity contribution in [3.63, 3.8) is 0 Å². The highest BCUT2D eigenvalue weighted by Crippen LogP contribution is 2.51. The quantitative estimate of drug-likeness (QED) is 0.750. The zero-order valence-corrected chi connectivity index (χ0v) is 11.8. The SMILES string of the molecule is CC(C)CCC(C)(O)CNC(=O)C1CC1(C)C. The third kappa shape index (κ3) is 4.66. The van der Waals surface area contributed by atoms with Gasteiger partial charge in [0, 0.05) is 12.5 Å². The average Bonchev–Trinajstić information content (AvgIpc) is 2.82. The van der Waals surface area contributed by atoms with Crippen LogP contribution in [0.15, 0.2) is 0 Å². The van der Waals surface area contributed by atoms with Gasteiger partial charge in [-0.2, -0.15) is 0 Å². The first-order valence-corrected chi connectivity index (χ1v) is 6.64. The van der Waals surface area contributed by atoms with Crippen LogP contribution in [0.3, 0.4) is 0 Å². The molecule has 1 amide bonds. The zero-order chi connectivity index (χ0) is 13.3. The smallest absolute Gasteiger partial charge is 0.223 e. The summed E-state index contributed by atoms with van der Waals surface area (Å²) in [6.45, 7) is 10.7. The van der Waals surface area contributed by atoms with E-state index in [-0.39, 0.29) is 17.2 Å². The number of aliphatic hydroxyl groups is 1. The van der Waals surface area contributed by atoms with Gasteiger partial charge in [0.15, 0.2) is 0 Å². The third-order valence-corrected chi connectivity index (χ3v) is 3.73. The molecule has 0 heterocycles. The highest BCUT2D eigenvalue weighted by Gasteiger charge is 2.50. The second-order valence-electron chi connectivity index (χ2n) is 6.89. The van der Waals surface area contributed by atoms with Gasteiger partial charge in [-0.15, -0.1) is 0 Å². The Morgan fingerprint density at radius 1 is 1.53 bits per heavy atom. The summed E-state index contributed by atoms with van der Waals surface area (Å²) in [5.74, 6) is 0.822. The lowest BCUT2D eigenvalue weighted by Gasteiger charge is -2.24. The number of hydrogen-bond donors (Lipinski definition) is 2. The van der Waals surface area contributed by atoms with Crippen molar-refractivity contribution in [2.75, 3.05) is 6.54 Å². The fourth-order valence-corrected chi connectivity index (χ4v) is 2.00. The van der Waals surface area contributed by atoms with Gasteiger partial charge in [-0.3, -0.25) is 4.79 Å². The first-order chi connectivity index (χ1) is 7.64. The van der Waals surface area contributed by atoms with Crippen LogP contribution in [0.4, 0.5) is 0 Å². The Balaban J connectivity index is 2.27. The fourth-order valence-electron chi connectivity index (χ4n) is 2.00. The van der Waals surface area contributed by atoms with Crippen molar-refractivity contribution in [3.05, 3.63) is 0 Å². The van der Waals surface area contributed by atoms with E-state index in [4.69, 9.17) is 0 Å². The van der Waals surface area contributed by atoms with Gasteiger partial charge in [0.05, 0.1) is 5.60 Å². The predicted molar refractivity (Wildman–Crippen MR) is 69.6 cm³/mol. The van der Waals surface area contributed by atoms with Crippen LogP contribution < -0.4 is 5.32 Å². The first-order valence-electron chi connectivity index (χ1n) is 6.64. The number of rotatable bonds is 6. The van der Waals surface area contributed by atoms with Crippen LogP contribution in [0, 0.1) is 17.3 Å². The highest BCUT2D eigenvalue weighted by molar-refractivity contribution is 5.82. The molecule has 0 bridgehead atoms. The van der Waals surface area contributed by atoms with Gasteiger partial charge in [0.25, 0.3) is 0 Å². The number of hydrogen-bond acceptors (Lipinski definition) is 2. The molecule has 2 atom stereocenters. The van der Waals surface area contributed by atoms with Crippen LogP contribution in [0.1, 0.15) is 53.9 Å². The molecule has 2 unspecified atom stereocenters. The van der Waals surface area contributed by atoms with Crippen molar-refractivity contribution in [2.45, 2.75) is 59.5 Å². The van der Waals surface area contributed by atoms with E-state index in [0.29, 0.717) is 12.5 Å². The lowest BCUT2D eigenvalue weighted by atomic mass is 9.95. The lowest BCUT2D eigenvalue weighted by molar-refractivity contribution is -0.124. The van der Waals surface area contributed by atoms with E-state index in [2.05, 4.69) is 33.0 Å². The van der Waals surface area contributed by atoms with Crippen molar-refractivity contribution in [1.29, 1.82) is 0 Å². The minimum Gasteiger partial charge on any atom is -0.388 e. The summed E-state index contributed by atoms with van der Waals surface area (Å²) < 4.78 is 0. The molecular formula is C14H27NO2. The minimum atomic E-state index is -0.779. The maximum absolute atomic E-state index is 11.8. The Morgan fingerprint density at radius 3 is 2.47 bits per heavy atom. The van der Waals surface area contributed by atoms with Crippen molar-refractivity contribution in [2.24, 2.45) is 17.3 Å². The Morgan fingerprint density at radius 2 is 2.06 bits per heavy atom. The Labute approximate surface area is 105 Å². The molecule has 17 heavy (non-hydrogen) atoms. The molecule has 0 radical (unpaired) electrons. The molecule has 0 aromatic rings. The van der Waals surface area contributed by atoms with Crippen LogP contribution in [-0.4, -0.2) is 23.2 Å². The van der Waals surface area contributed by atoms with Gasteiger partial charge in [0.1, 0.15) is 0 Å². The van der Waals surface area contributed by atoms with Crippen LogP contribution >= 0.6 is 0 Å². The number of carbonyl (C=O) groups is 1. The van der Waals surface area contributed by atoms with Gasteiger partial charge in [-0.05, 0) is 37.5 Å². The molecule has 100 valence electrons. The zero-order valence-electron chi connectivity index (χ0n) is 11.8. The van der Waals surface area contributed by atoms with Gasteiger partial charge in [-0.1, -0.05) is 27.7 Å². The lowest BCUT2D eigenvalue weighted by Crippen LogP contribution is -2.41. The Bertz CT molecular complexity index is 282. The van der Waals surface area contributed by atoms with Gasteiger partial charge >= 0.3 is 0 Å². The van der Waals surface area contributed by atoms with Crippen LogP contribution in [-0.2, 0) is 4.79 Å². The highest BCUT2D eigenvalue weighted by atomic mass is 16.3. The Kier molecular flexibility index (Phi) is 4.23. The van der Waals surface area contributed by atoms with Crippen molar-refractivity contribution in [3.8, 4) is 0 Å². The summed E-state index contributed by atoms with van der Waals surface area (Å²) in [6.07, 6.45) is 2.68. The molecule has 0 saturated heterocycles. The second kappa shape index (κ2) is 4.97. The summed E-state index contributed by atoms with van der Waals surface area (Å²) in [7, 11) is 0. The van der Waals surface area contributed by atoms with E-state index in [0.717, 1.165) is 19.3 Å². The number of amides is 1. The molecule has 1 fully saturated rings. The van der Waals surface area contributed by atoms with Crippen molar-refractivity contribution < 1.29 is 9.90 Å². The van der Waals surface area contributed by atoms with E-state index in [9.17, 15) is 9.90 Å². The van der Waals surface area contributed by atoms with Gasteiger partial charge < -0.3 is 10.4 Å². The maximum Gasteiger partial charge on any atom is 0.223 e. The molecule has 2 N–H and O–H groups in total. The topological polar surface area (TPSA) is 49.3 Å². The van der Waals surface area contributed by atoms with E-state index in [1.54, 1.807) is 6.92 Å². The third-order valence-electron chi connectivity index (χ3n) is 3.73. The molecule has 1 aliphatic carbocycles. The standard InChI is InChI=1S/C14H27NO2/c1-10(2)6-7-14(5,17)9-15-12(16)11-8-13(11,3)4/h10-11,17H,6-9H2,1-5H3,(H,15,16). The molecule has 0 aliphatic heterocycles. The molecule has 0 aromatic heterocycles. The van der Waals surface area contributed by atoms with Crippen molar-refractivity contribution >= 4 is 5.91 Å². The first kappa shape index (κ1) is 14.5. The van der Waals surface area contributed by atoms with E-state index in [1.165, 1.54) is 0 Å². The van der Waals surface area contributed by atoms with Gasteiger partial charge in [0.2, 0.25) is 5.91 Å². The van der Waals surface area contributed by atoms with Crippen LogP contribution in [0.2, 0.25) is 0 Å². The second-order valence-corrected chi connectivity index (χ2v) is 6.89. The molecule has 1 rings (SSSR count). The fraction of sp³-hybridized carbons (Fsp3) is 0.929. The summed E-state index contributed by atoms with van der Waals surface area (Å²) in [6, 6.07) is 0. The summed E-state index contributed by atoms with van der Waals surface area (Å²) in [5, 5.41) is 13.0. The van der Waals surface area contributed by atoms with E-state index >= 15 is 0 Å². The maximum atomic E-state index is 11.8. The normalized spacial score (nSPS) is 25.5. The average molecular weight is 241 g/mol. The van der Waals surface area contributed by atoms with Crippen molar-refractivity contribution in [1.82, 2.24) is 5.32 Å². The number of nitrogens with one attached hydrogen (secondary N) is 1. The van der Waals surface area contributed by atoms with Gasteiger partial charge in [-0.25, -0.2) is 0 Å². The predicted octanol–water partition coefficient (Wildman–Crippen LogP) is 2.34. The summed E-state index contributed by atoms with van der Waals surface area (Å²) in [5.41, 5.74) is -0.618. The summed E-state index contributed by atoms with van der Waals surface area (Å²) >= 11 is 0. The molecule has 0 spiro atoms. The van der Waals surface area contributed by atoms with E-state index < -0.39 is 5.60 Å². The molecule has 0 aromatic carbocycles. The molecular weight excluding hydrogens is 214 g/mol. The van der Waals surface area contributed by atoms with Crippen LogP contribution in [0.5, 0.6) is 0 Å². The number of carbonyl (C=O) groups excluding carboxylic acids is 1. The minimum absolute atomic E-state index is 0.0971.